The quantitative estimate of drug-likeness (QED) is 0.923. The fraction of sp³-hybridized carbons (Fsp3) is 0.412. The number of carbonyl (C=O) groups excluding carboxylic acids is 1. The molecular formula is C17H20FN3O. The molecular weight excluding hydrogens is 281 g/mol. The first-order valence-corrected chi connectivity index (χ1v) is 7.62. The van der Waals surface area contributed by atoms with Crippen LogP contribution in [0.15, 0.2) is 30.3 Å². The maximum absolute atomic E-state index is 12.9. The van der Waals surface area contributed by atoms with Crippen LogP contribution >= 0.6 is 0 Å². The van der Waals surface area contributed by atoms with Gasteiger partial charge in [-0.05, 0) is 42.5 Å². The molecule has 116 valence electrons. The number of nitrogens with zero attached hydrogens (tertiary/aromatic N) is 2. The summed E-state index contributed by atoms with van der Waals surface area (Å²) < 4.78 is 14.6. The minimum atomic E-state index is -0.248. The van der Waals surface area contributed by atoms with Gasteiger partial charge in [0.05, 0.1) is 5.69 Å². The van der Waals surface area contributed by atoms with Gasteiger partial charge in [0.15, 0.2) is 0 Å². The van der Waals surface area contributed by atoms with E-state index in [-0.39, 0.29) is 17.6 Å². The number of hydrogen-bond donors (Lipinski definition) is 1. The van der Waals surface area contributed by atoms with E-state index in [2.05, 4.69) is 10.4 Å². The summed E-state index contributed by atoms with van der Waals surface area (Å²) in [6.07, 6.45) is 2.33. The summed E-state index contributed by atoms with van der Waals surface area (Å²) in [6, 6.07) is 8.27. The molecule has 0 spiro atoms. The summed E-state index contributed by atoms with van der Waals surface area (Å²) in [5.74, 6) is 0.296. The van der Waals surface area contributed by atoms with E-state index in [1.165, 1.54) is 25.0 Å². The summed E-state index contributed by atoms with van der Waals surface area (Å²) in [5.41, 5.74) is 2.61. The Morgan fingerprint density at radius 2 is 2.09 bits per heavy atom. The average Bonchev–Trinajstić information content (AvgIpc) is 3.28. The van der Waals surface area contributed by atoms with Crippen LogP contribution in [0.3, 0.4) is 0 Å². The highest BCUT2D eigenvalue weighted by Gasteiger charge is 2.28. The number of rotatable bonds is 5. The molecule has 3 rings (SSSR count). The summed E-state index contributed by atoms with van der Waals surface area (Å²) in [6.45, 7) is 2.51. The van der Waals surface area contributed by atoms with Crippen LogP contribution in [0.5, 0.6) is 0 Å². The van der Waals surface area contributed by atoms with Crippen LogP contribution in [0.4, 0.5) is 4.39 Å². The second-order valence-corrected chi connectivity index (χ2v) is 6.01. The molecule has 5 heteroatoms. The molecule has 1 saturated carbocycles. The van der Waals surface area contributed by atoms with Crippen LogP contribution in [0.25, 0.3) is 0 Å². The number of carbonyl (C=O) groups is 1. The fourth-order valence-electron chi connectivity index (χ4n) is 2.53. The predicted octanol–water partition coefficient (Wildman–Crippen LogP) is 2.97. The molecule has 1 aliphatic rings. The van der Waals surface area contributed by atoms with Crippen molar-refractivity contribution in [1.29, 1.82) is 0 Å². The van der Waals surface area contributed by atoms with Gasteiger partial charge in [-0.3, -0.25) is 9.48 Å². The molecule has 0 bridgehead atoms. The van der Waals surface area contributed by atoms with E-state index in [9.17, 15) is 9.18 Å². The molecule has 1 unspecified atom stereocenters. The zero-order valence-electron chi connectivity index (χ0n) is 12.8. The number of hydrogen-bond acceptors (Lipinski definition) is 2. The molecule has 1 aromatic carbocycles. The lowest BCUT2D eigenvalue weighted by Crippen LogP contribution is -2.29. The molecule has 2 aromatic rings. The molecule has 1 aromatic heterocycles. The first-order chi connectivity index (χ1) is 10.5. The van der Waals surface area contributed by atoms with Crippen LogP contribution in [-0.4, -0.2) is 22.2 Å². The van der Waals surface area contributed by atoms with E-state index in [4.69, 9.17) is 0 Å². The molecule has 4 nitrogen and oxygen atoms in total. The van der Waals surface area contributed by atoms with Gasteiger partial charge in [-0.25, -0.2) is 4.39 Å². The van der Waals surface area contributed by atoms with Gasteiger partial charge in [-0.15, -0.1) is 0 Å². The summed E-state index contributed by atoms with van der Waals surface area (Å²) in [4.78, 5) is 12.3. The molecule has 1 aliphatic carbocycles. The molecule has 1 heterocycles. The number of amides is 1. The van der Waals surface area contributed by atoms with Gasteiger partial charge >= 0.3 is 0 Å². The van der Waals surface area contributed by atoms with Crippen molar-refractivity contribution in [3.05, 3.63) is 53.1 Å². The summed E-state index contributed by atoms with van der Waals surface area (Å²) >= 11 is 0. The van der Waals surface area contributed by atoms with E-state index in [0.29, 0.717) is 18.2 Å². The number of aromatic nitrogens is 2. The monoisotopic (exact) mass is 301 g/mol. The Kier molecular flexibility index (Phi) is 3.96. The number of nitrogens with one attached hydrogen (secondary N) is 1. The lowest BCUT2D eigenvalue weighted by Gasteiger charge is -2.13. The molecule has 1 N–H and O–H groups in total. The molecule has 0 radical (unpaired) electrons. The van der Waals surface area contributed by atoms with E-state index >= 15 is 0 Å². The van der Waals surface area contributed by atoms with E-state index < -0.39 is 0 Å². The lowest BCUT2D eigenvalue weighted by molar-refractivity contribution is 0.0942. The third-order valence-electron chi connectivity index (χ3n) is 4.13. The van der Waals surface area contributed by atoms with Gasteiger partial charge in [0.25, 0.3) is 5.91 Å². The Bertz CT molecular complexity index is 674. The van der Waals surface area contributed by atoms with Crippen molar-refractivity contribution in [1.82, 2.24) is 15.1 Å². The first kappa shape index (κ1) is 14.8. The van der Waals surface area contributed by atoms with E-state index in [1.54, 1.807) is 23.9 Å². The highest BCUT2D eigenvalue weighted by atomic mass is 19.1. The van der Waals surface area contributed by atoms with Crippen molar-refractivity contribution in [2.45, 2.75) is 31.6 Å². The van der Waals surface area contributed by atoms with Gasteiger partial charge in [-0.2, -0.15) is 5.10 Å². The topological polar surface area (TPSA) is 46.9 Å². The van der Waals surface area contributed by atoms with Crippen molar-refractivity contribution in [3.63, 3.8) is 0 Å². The largest absolute Gasteiger partial charge is 0.350 e. The highest BCUT2D eigenvalue weighted by Crippen LogP contribution is 2.39. The molecule has 1 fully saturated rings. The van der Waals surface area contributed by atoms with Crippen LogP contribution in [0.2, 0.25) is 0 Å². The summed E-state index contributed by atoms with van der Waals surface area (Å²) in [7, 11) is 1.80. The van der Waals surface area contributed by atoms with Crippen LogP contribution < -0.4 is 5.32 Å². The van der Waals surface area contributed by atoms with Crippen molar-refractivity contribution < 1.29 is 9.18 Å². The third-order valence-corrected chi connectivity index (χ3v) is 4.13. The molecule has 0 saturated heterocycles. The number of halogens is 1. The second-order valence-electron chi connectivity index (χ2n) is 6.01. The van der Waals surface area contributed by atoms with Crippen molar-refractivity contribution >= 4 is 5.91 Å². The molecule has 1 atom stereocenters. The Balaban J connectivity index is 1.60. The van der Waals surface area contributed by atoms with Gasteiger partial charge < -0.3 is 5.32 Å². The normalized spacial score (nSPS) is 15.6. The zero-order valence-corrected chi connectivity index (χ0v) is 12.8. The van der Waals surface area contributed by atoms with E-state index in [0.717, 1.165) is 11.3 Å². The fourth-order valence-corrected chi connectivity index (χ4v) is 2.53. The molecule has 0 aliphatic heterocycles. The van der Waals surface area contributed by atoms with Crippen molar-refractivity contribution in [3.8, 4) is 0 Å². The molecule has 1 amide bonds. The lowest BCUT2D eigenvalue weighted by atomic mass is 10.0. The standard InChI is InChI=1S/C17H20FN3O/c1-11(12-5-7-14(18)8-6-12)10-19-17(22)16-9-15(13-3-4-13)20-21(16)2/h5-9,11,13H,3-4,10H2,1-2H3,(H,19,22). The maximum atomic E-state index is 12.9. The van der Waals surface area contributed by atoms with Crippen molar-refractivity contribution in [2.24, 2.45) is 7.05 Å². The van der Waals surface area contributed by atoms with Gasteiger partial charge in [0, 0.05) is 19.5 Å². The maximum Gasteiger partial charge on any atom is 0.269 e. The Morgan fingerprint density at radius 3 is 2.73 bits per heavy atom. The molecule has 22 heavy (non-hydrogen) atoms. The average molecular weight is 301 g/mol. The van der Waals surface area contributed by atoms with Crippen LogP contribution in [0.1, 0.15) is 53.3 Å². The Morgan fingerprint density at radius 1 is 1.41 bits per heavy atom. The second kappa shape index (κ2) is 5.91. The van der Waals surface area contributed by atoms with Gasteiger partial charge in [0.2, 0.25) is 0 Å². The summed E-state index contributed by atoms with van der Waals surface area (Å²) in [5, 5.41) is 7.33. The predicted molar refractivity (Wildman–Crippen MR) is 82.3 cm³/mol. The van der Waals surface area contributed by atoms with Crippen LogP contribution in [0, 0.1) is 5.82 Å². The van der Waals surface area contributed by atoms with Gasteiger partial charge in [0.1, 0.15) is 11.5 Å². The van der Waals surface area contributed by atoms with Gasteiger partial charge in [-0.1, -0.05) is 19.1 Å². The van der Waals surface area contributed by atoms with Crippen molar-refractivity contribution in [2.75, 3.05) is 6.54 Å². The number of benzene rings is 1. The third kappa shape index (κ3) is 3.18. The smallest absolute Gasteiger partial charge is 0.269 e. The first-order valence-electron chi connectivity index (χ1n) is 7.62. The Hall–Kier alpha value is -2.17. The SMILES string of the molecule is CC(CNC(=O)c1cc(C2CC2)nn1C)c1ccc(F)cc1. The zero-order chi connectivity index (χ0) is 15.7. The highest BCUT2D eigenvalue weighted by molar-refractivity contribution is 5.92. The van der Waals surface area contributed by atoms with Crippen LogP contribution in [-0.2, 0) is 7.05 Å². The number of aryl methyl sites for hydroxylation is 1. The van der Waals surface area contributed by atoms with E-state index in [1.807, 2.05) is 13.0 Å². The minimum absolute atomic E-state index is 0.115. The Labute approximate surface area is 129 Å². The minimum Gasteiger partial charge on any atom is -0.350 e.